The van der Waals surface area contributed by atoms with Crippen molar-refractivity contribution in [2.24, 2.45) is 0 Å². The number of amides is 2. The summed E-state index contributed by atoms with van der Waals surface area (Å²) in [5, 5.41) is 2.90. The molecular formula is C28H27N3O3S. The van der Waals surface area contributed by atoms with Crippen LogP contribution in [-0.2, 0) is 21.8 Å². The molecule has 0 saturated carbocycles. The van der Waals surface area contributed by atoms with Crippen molar-refractivity contribution in [2.45, 2.75) is 19.1 Å². The van der Waals surface area contributed by atoms with Crippen molar-refractivity contribution in [3.63, 3.8) is 0 Å². The van der Waals surface area contributed by atoms with Crippen molar-refractivity contribution < 1.29 is 14.0 Å². The van der Waals surface area contributed by atoms with Crippen LogP contribution in [0.1, 0.15) is 18.2 Å². The minimum atomic E-state index is -0.0909. The summed E-state index contributed by atoms with van der Waals surface area (Å²) in [6.07, 6.45) is 1.93. The lowest BCUT2D eigenvalue weighted by Crippen LogP contribution is -2.31. The van der Waals surface area contributed by atoms with Crippen molar-refractivity contribution in [2.75, 3.05) is 22.5 Å². The van der Waals surface area contributed by atoms with Crippen LogP contribution in [0.3, 0.4) is 0 Å². The molecule has 2 amide bonds. The molecule has 1 aromatic heterocycles. The van der Waals surface area contributed by atoms with Crippen molar-refractivity contribution in [1.82, 2.24) is 4.98 Å². The number of rotatable bonds is 10. The van der Waals surface area contributed by atoms with E-state index in [2.05, 4.69) is 10.3 Å². The molecule has 0 bridgehead atoms. The molecule has 1 heterocycles. The highest BCUT2D eigenvalue weighted by atomic mass is 32.2. The van der Waals surface area contributed by atoms with Crippen LogP contribution in [0.5, 0.6) is 0 Å². The van der Waals surface area contributed by atoms with E-state index in [1.807, 2.05) is 91.9 Å². The number of nitrogens with one attached hydrogen (secondary N) is 1. The highest BCUT2D eigenvalue weighted by Gasteiger charge is 2.14. The molecule has 3 aromatic carbocycles. The molecule has 0 aliphatic carbocycles. The van der Waals surface area contributed by atoms with Gasteiger partial charge in [-0.2, -0.15) is 0 Å². The van der Waals surface area contributed by atoms with Gasteiger partial charge in [0.25, 0.3) is 0 Å². The number of carbonyl (C=O) groups is 2. The number of aromatic nitrogens is 1. The van der Waals surface area contributed by atoms with Crippen LogP contribution in [0.2, 0.25) is 0 Å². The molecule has 0 aliphatic heterocycles. The Bertz CT molecular complexity index is 1240. The largest absolute Gasteiger partial charge is 0.444 e. The molecular weight excluding hydrogens is 458 g/mol. The van der Waals surface area contributed by atoms with E-state index in [4.69, 9.17) is 4.42 Å². The lowest BCUT2D eigenvalue weighted by atomic mass is 10.1. The Balaban J connectivity index is 1.23. The molecule has 4 aromatic rings. The topological polar surface area (TPSA) is 75.4 Å². The van der Waals surface area contributed by atoms with Crippen LogP contribution in [0, 0.1) is 0 Å². The molecule has 178 valence electrons. The van der Waals surface area contributed by atoms with Crippen LogP contribution in [0.25, 0.3) is 11.5 Å². The predicted octanol–water partition coefficient (Wildman–Crippen LogP) is 5.81. The molecule has 0 spiro atoms. The molecule has 0 unspecified atom stereocenters. The van der Waals surface area contributed by atoms with Gasteiger partial charge in [-0.05, 0) is 48.9 Å². The highest BCUT2D eigenvalue weighted by molar-refractivity contribution is 7.99. The number of likely N-dealkylation sites (N-methyl/N-ethyl adjacent to an activating group) is 1. The summed E-state index contributed by atoms with van der Waals surface area (Å²) in [6.45, 7) is 2.57. The Hall–Kier alpha value is -3.84. The number of carbonyl (C=O) groups excluding carboxylic acids is 2. The van der Waals surface area contributed by atoms with E-state index >= 15 is 0 Å². The van der Waals surface area contributed by atoms with Gasteiger partial charge in [0.15, 0.2) is 0 Å². The maximum absolute atomic E-state index is 12.8. The lowest BCUT2D eigenvalue weighted by molar-refractivity contribution is -0.118. The Morgan fingerprint density at radius 2 is 1.63 bits per heavy atom. The van der Waals surface area contributed by atoms with Crippen molar-refractivity contribution in [1.29, 1.82) is 0 Å². The Morgan fingerprint density at radius 1 is 0.943 bits per heavy atom. The zero-order valence-corrected chi connectivity index (χ0v) is 20.3. The first-order valence-electron chi connectivity index (χ1n) is 11.4. The molecule has 0 fully saturated rings. The maximum atomic E-state index is 12.8. The standard InChI is InChI=1S/C28H27N3O3S/c1-2-31(25-11-7-4-8-12-25)27(33)17-21-13-15-23(16-14-21)29-26(32)20-35-19-24-18-34-28(30-24)22-9-5-3-6-10-22/h3-16,18H,2,17,19-20H2,1H3,(H,29,32). The highest BCUT2D eigenvalue weighted by Crippen LogP contribution is 2.21. The third kappa shape index (κ3) is 6.83. The van der Waals surface area contributed by atoms with Gasteiger partial charge in [0.2, 0.25) is 17.7 Å². The Kier molecular flexibility index (Phi) is 8.35. The van der Waals surface area contributed by atoms with Crippen LogP contribution in [0.15, 0.2) is 95.6 Å². The number of oxazole rings is 1. The number of nitrogens with zero attached hydrogens (tertiary/aromatic N) is 2. The van der Waals surface area contributed by atoms with Gasteiger partial charge in [-0.3, -0.25) is 9.59 Å². The first kappa shape index (κ1) is 24.3. The number of para-hydroxylation sites is 1. The zero-order valence-electron chi connectivity index (χ0n) is 19.5. The Morgan fingerprint density at radius 3 is 2.31 bits per heavy atom. The number of thioether (sulfide) groups is 1. The molecule has 4 rings (SSSR count). The second-order valence-electron chi connectivity index (χ2n) is 7.90. The first-order valence-corrected chi connectivity index (χ1v) is 12.6. The average Bonchev–Trinajstić information content (AvgIpc) is 3.36. The van der Waals surface area contributed by atoms with Crippen molar-refractivity contribution in [3.8, 4) is 11.5 Å². The van der Waals surface area contributed by atoms with Crippen LogP contribution >= 0.6 is 11.8 Å². The summed E-state index contributed by atoms with van der Waals surface area (Å²) in [5.41, 5.74) is 4.22. The molecule has 0 radical (unpaired) electrons. The molecule has 0 aliphatic rings. The molecule has 0 saturated heterocycles. The monoisotopic (exact) mass is 485 g/mol. The predicted molar refractivity (Wildman–Crippen MR) is 141 cm³/mol. The van der Waals surface area contributed by atoms with Gasteiger partial charge in [0, 0.05) is 29.2 Å². The number of hydrogen-bond acceptors (Lipinski definition) is 5. The normalized spacial score (nSPS) is 10.7. The van der Waals surface area contributed by atoms with Gasteiger partial charge in [-0.1, -0.05) is 48.5 Å². The minimum Gasteiger partial charge on any atom is -0.444 e. The summed E-state index contributed by atoms with van der Waals surface area (Å²) >= 11 is 1.47. The summed E-state index contributed by atoms with van der Waals surface area (Å²) in [7, 11) is 0. The second kappa shape index (κ2) is 12.0. The Labute approximate surface area is 209 Å². The number of hydrogen-bond donors (Lipinski definition) is 1. The van der Waals surface area contributed by atoms with Gasteiger partial charge in [-0.15, -0.1) is 11.8 Å². The third-order valence-corrected chi connectivity index (χ3v) is 6.30. The van der Waals surface area contributed by atoms with Crippen LogP contribution < -0.4 is 10.2 Å². The lowest BCUT2D eigenvalue weighted by Gasteiger charge is -2.21. The number of benzene rings is 3. The smallest absolute Gasteiger partial charge is 0.234 e. The van der Waals surface area contributed by atoms with E-state index in [-0.39, 0.29) is 11.8 Å². The van der Waals surface area contributed by atoms with Gasteiger partial charge in [0.05, 0.1) is 17.9 Å². The first-order chi connectivity index (χ1) is 17.1. The maximum Gasteiger partial charge on any atom is 0.234 e. The van der Waals surface area contributed by atoms with Crippen molar-refractivity contribution >= 4 is 35.0 Å². The fourth-order valence-corrected chi connectivity index (χ4v) is 4.32. The van der Waals surface area contributed by atoms with Gasteiger partial charge < -0.3 is 14.6 Å². The zero-order chi connectivity index (χ0) is 24.5. The molecule has 7 heteroatoms. The van der Waals surface area contributed by atoms with Crippen molar-refractivity contribution in [3.05, 3.63) is 102 Å². The summed E-state index contributed by atoms with van der Waals surface area (Å²) < 4.78 is 5.54. The quantitative estimate of drug-likeness (QED) is 0.307. The summed E-state index contributed by atoms with van der Waals surface area (Å²) in [4.78, 5) is 31.4. The average molecular weight is 486 g/mol. The fraction of sp³-hybridized carbons (Fsp3) is 0.179. The van der Waals surface area contributed by atoms with E-state index in [0.29, 0.717) is 36.0 Å². The fourth-order valence-electron chi connectivity index (χ4n) is 3.62. The van der Waals surface area contributed by atoms with Crippen LogP contribution in [-0.4, -0.2) is 29.1 Å². The summed E-state index contributed by atoms with van der Waals surface area (Å²) in [6, 6.07) is 26.8. The molecule has 1 N–H and O–H groups in total. The van der Waals surface area contributed by atoms with Crippen LogP contribution in [0.4, 0.5) is 11.4 Å². The molecule has 0 atom stereocenters. The molecule has 35 heavy (non-hydrogen) atoms. The van der Waals surface area contributed by atoms with E-state index in [1.165, 1.54) is 11.8 Å². The van der Waals surface area contributed by atoms with E-state index < -0.39 is 0 Å². The minimum absolute atomic E-state index is 0.0372. The SMILES string of the molecule is CCN(C(=O)Cc1ccc(NC(=O)CSCc2coc(-c3ccccc3)n2)cc1)c1ccccc1. The summed E-state index contributed by atoms with van der Waals surface area (Å²) in [5.74, 6) is 1.41. The second-order valence-corrected chi connectivity index (χ2v) is 8.88. The molecule has 6 nitrogen and oxygen atoms in total. The van der Waals surface area contributed by atoms with E-state index in [0.717, 1.165) is 22.5 Å². The third-order valence-electron chi connectivity index (χ3n) is 5.33. The number of anilines is 2. The van der Waals surface area contributed by atoms with Gasteiger partial charge in [-0.25, -0.2) is 4.98 Å². The van der Waals surface area contributed by atoms with Gasteiger partial charge in [0.1, 0.15) is 6.26 Å². The van der Waals surface area contributed by atoms with E-state index in [1.54, 1.807) is 11.2 Å². The van der Waals surface area contributed by atoms with E-state index in [9.17, 15) is 9.59 Å². The van der Waals surface area contributed by atoms with Gasteiger partial charge >= 0.3 is 0 Å².